The summed E-state index contributed by atoms with van der Waals surface area (Å²) in [7, 11) is 0. The average Bonchev–Trinajstić information content (AvgIpc) is 2.67. The zero-order valence-electron chi connectivity index (χ0n) is 14.5. The van der Waals surface area contributed by atoms with Crippen LogP contribution in [0.3, 0.4) is 0 Å². The van der Waals surface area contributed by atoms with Gasteiger partial charge >= 0.3 is 6.18 Å². The molecule has 0 aliphatic carbocycles. The minimum absolute atomic E-state index is 0.306. The molecule has 0 saturated carbocycles. The van der Waals surface area contributed by atoms with Gasteiger partial charge in [-0.25, -0.2) is 0 Å². The molecule has 28 heavy (non-hydrogen) atoms. The molecule has 0 radical (unpaired) electrons. The number of nitrogens with one attached hydrogen (secondary N) is 1. The molecular formula is C21H15ClF3NOS. The van der Waals surface area contributed by atoms with Crippen LogP contribution in [-0.4, -0.2) is 5.91 Å². The molecule has 3 aromatic carbocycles. The first-order chi connectivity index (χ1) is 13.3. The van der Waals surface area contributed by atoms with E-state index < -0.39 is 11.7 Å². The van der Waals surface area contributed by atoms with Crippen LogP contribution in [0.4, 0.5) is 18.9 Å². The molecule has 2 nitrogen and oxygen atoms in total. The molecule has 0 aliphatic rings. The topological polar surface area (TPSA) is 29.1 Å². The quantitative estimate of drug-likeness (QED) is 0.454. The Balaban J connectivity index is 1.58. The van der Waals surface area contributed by atoms with Crippen LogP contribution in [0.15, 0.2) is 77.7 Å². The zero-order valence-corrected chi connectivity index (χ0v) is 16.0. The minimum atomic E-state index is -4.40. The van der Waals surface area contributed by atoms with Gasteiger partial charge in [0.15, 0.2) is 0 Å². The highest BCUT2D eigenvalue weighted by Crippen LogP contribution is 2.30. The fourth-order valence-corrected chi connectivity index (χ4v) is 3.38. The number of amides is 1. The van der Waals surface area contributed by atoms with Crippen LogP contribution in [0.5, 0.6) is 0 Å². The smallest absolute Gasteiger partial charge is 0.322 e. The predicted molar refractivity (Wildman–Crippen MR) is 107 cm³/mol. The number of alkyl halides is 3. The predicted octanol–water partition coefficient (Wildman–Crippen LogP) is 6.90. The maximum absolute atomic E-state index is 12.6. The molecule has 0 atom stereocenters. The van der Waals surface area contributed by atoms with Crippen molar-refractivity contribution in [2.45, 2.75) is 16.8 Å². The highest BCUT2D eigenvalue weighted by Gasteiger charge is 2.29. The molecular weight excluding hydrogens is 407 g/mol. The van der Waals surface area contributed by atoms with Crippen molar-refractivity contribution >= 4 is 35.0 Å². The average molecular weight is 422 g/mol. The van der Waals surface area contributed by atoms with Crippen molar-refractivity contribution in [2.24, 2.45) is 0 Å². The first kappa shape index (κ1) is 20.3. The SMILES string of the molecule is O=C(Nc1ccc(C(F)(F)F)cc1)c1ccc(CSc2ccc(Cl)cc2)cc1. The van der Waals surface area contributed by atoms with Gasteiger partial charge in [0.1, 0.15) is 0 Å². The summed E-state index contributed by atoms with van der Waals surface area (Å²) in [4.78, 5) is 13.4. The Hall–Kier alpha value is -2.44. The van der Waals surface area contributed by atoms with E-state index in [-0.39, 0.29) is 5.91 Å². The van der Waals surface area contributed by atoms with E-state index in [4.69, 9.17) is 11.6 Å². The van der Waals surface area contributed by atoms with Crippen LogP contribution in [0.25, 0.3) is 0 Å². The molecule has 0 heterocycles. The summed E-state index contributed by atoms with van der Waals surface area (Å²) in [5, 5.41) is 3.28. The Morgan fingerprint density at radius 2 is 1.50 bits per heavy atom. The molecule has 0 saturated heterocycles. The summed E-state index contributed by atoms with van der Waals surface area (Å²) in [6.45, 7) is 0. The zero-order chi connectivity index (χ0) is 20.1. The maximum atomic E-state index is 12.6. The summed E-state index contributed by atoms with van der Waals surface area (Å²) >= 11 is 7.52. The molecule has 0 aliphatic heterocycles. The van der Waals surface area contributed by atoms with Crippen molar-refractivity contribution in [1.82, 2.24) is 0 Å². The summed E-state index contributed by atoms with van der Waals surface area (Å²) in [6, 6.07) is 19.0. The van der Waals surface area contributed by atoms with E-state index in [1.54, 1.807) is 23.9 Å². The van der Waals surface area contributed by atoms with Gasteiger partial charge in [-0.2, -0.15) is 13.2 Å². The Bertz CT molecular complexity index is 939. The lowest BCUT2D eigenvalue weighted by Crippen LogP contribution is -2.12. The fraction of sp³-hybridized carbons (Fsp3) is 0.0952. The Kier molecular flexibility index (Phi) is 6.31. The van der Waals surface area contributed by atoms with E-state index in [1.165, 1.54) is 12.1 Å². The third kappa shape index (κ3) is 5.53. The van der Waals surface area contributed by atoms with Crippen LogP contribution < -0.4 is 5.32 Å². The molecule has 3 rings (SSSR count). The number of rotatable bonds is 5. The third-order valence-corrected chi connectivity index (χ3v) is 5.24. The van der Waals surface area contributed by atoms with Crippen molar-refractivity contribution in [3.8, 4) is 0 Å². The maximum Gasteiger partial charge on any atom is 0.416 e. The fourth-order valence-electron chi connectivity index (χ4n) is 2.40. The molecule has 3 aromatic rings. The first-order valence-corrected chi connectivity index (χ1v) is 9.63. The highest BCUT2D eigenvalue weighted by atomic mass is 35.5. The lowest BCUT2D eigenvalue weighted by molar-refractivity contribution is -0.137. The molecule has 0 fully saturated rings. The highest BCUT2D eigenvalue weighted by molar-refractivity contribution is 7.98. The van der Waals surface area contributed by atoms with E-state index >= 15 is 0 Å². The number of benzene rings is 3. The number of halogens is 4. The third-order valence-electron chi connectivity index (χ3n) is 3.91. The van der Waals surface area contributed by atoms with Gasteiger partial charge in [0, 0.05) is 26.9 Å². The van der Waals surface area contributed by atoms with Gasteiger partial charge in [-0.05, 0) is 66.2 Å². The molecule has 7 heteroatoms. The van der Waals surface area contributed by atoms with Gasteiger partial charge in [-0.1, -0.05) is 23.7 Å². The Morgan fingerprint density at radius 1 is 0.893 bits per heavy atom. The molecule has 144 valence electrons. The van der Waals surface area contributed by atoms with E-state index in [0.29, 0.717) is 16.3 Å². The van der Waals surface area contributed by atoms with Crippen LogP contribution in [0.1, 0.15) is 21.5 Å². The summed E-state index contributed by atoms with van der Waals surface area (Å²) in [6.07, 6.45) is -4.40. The molecule has 0 aromatic heterocycles. The van der Waals surface area contributed by atoms with Gasteiger partial charge in [0.05, 0.1) is 5.56 Å². The normalized spacial score (nSPS) is 11.3. The van der Waals surface area contributed by atoms with Gasteiger partial charge in [-0.3, -0.25) is 4.79 Å². The number of hydrogen-bond donors (Lipinski definition) is 1. The number of carbonyl (C=O) groups is 1. The monoisotopic (exact) mass is 421 g/mol. The van der Waals surface area contributed by atoms with E-state index in [0.717, 1.165) is 28.3 Å². The van der Waals surface area contributed by atoms with Crippen LogP contribution >= 0.6 is 23.4 Å². The van der Waals surface area contributed by atoms with Crippen molar-refractivity contribution in [3.05, 3.63) is 94.5 Å². The van der Waals surface area contributed by atoms with Gasteiger partial charge in [0.25, 0.3) is 5.91 Å². The Morgan fingerprint density at radius 3 is 2.07 bits per heavy atom. The largest absolute Gasteiger partial charge is 0.416 e. The summed E-state index contributed by atoms with van der Waals surface area (Å²) in [5.74, 6) is 0.360. The Labute approximate surface area is 169 Å². The second-order valence-electron chi connectivity index (χ2n) is 5.97. The van der Waals surface area contributed by atoms with Gasteiger partial charge in [0.2, 0.25) is 0 Å². The summed E-state index contributed by atoms with van der Waals surface area (Å²) < 4.78 is 37.7. The van der Waals surface area contributed by atoms with Crippen molar-refractivity contribution in [2.75, 3.05) is 5.32 Å². The van der Waals surface area contributed by atoms with Gasteiger partial charge in [-0.15, -0.1) is 11.8 Å². The van der Waals surface area contributed by atoms with Crippen LogP contribution in [0, 0.1) is 0 Å². The lowest BCUT2D eigenvalue weighted by atomic mass is 10.1. The molecule has 0 unspecified atom stereocenters. The van der Waals surface area contributed by atoms with Crippen LogP contribution in [0.2, 0.25) is 5.02 Å². The number of carbonyl (C=O) groups excluding carboxylic acids is 1. The van der Waals surface area contributed by atoms with E-state index in [9.17, 15) is 18.0 Å². The first-order valence-electron chi connectivity index (χ1n) is 8.27. The molecule has 0 spiro atoms. The second-order valence-corrected chi connectivity index (χ2v) is 7.45. The molecule has 1 amide bonds. The van der Waals surface area contributed by atoms with E-state index in [1.807, 2.05) is 36.4 Å². The summed E-state index contributed by atoms with van der Waals surface area (Å²) in [5.41, 5.74) is 1.03. The standard InChI is InChI=1S/C21H15ClF3NOS/c22-17-7-11-19(12-8-17)28-13-14-1-3-15(4-2-14)20(27)26-18-9-5-16(6-10-18)21(23,24)25/h1-12H,13H2,(H,26,27). The minimum Gasteiger partial charge on any atom is -0.322 e. The molecule has 1 N–H and O–H groups in total. The number of hydrogen-bond acceptors (Lipinski definition) is 2. The second kappa shape index (κ2) is 8.71. The number of anilines is 1. The number of thioether (sulfide) groups is 1. The van der Waals surface area contributed by atoms with Crippen molar-refractivity contribution in [3.63, 3.8) is 0 Å². The van der Waals surface area contributed by atoms with Crippen molar-refractivity contribution in [1.29, 1.82) is 0 Å². The lowest BCUT2D eigenvalue weighted by Gasteiger charge is -2.09. The van der Waals surface area contributed by atoms with Gasteiger partial charge < -0.3 is 5.32 Å². The molecule has 0 bridgehead atoms. The van der Waals surface area contributed by atoms with E-state index in [2.05, 4.69) is 5.32 Å². The van der Waals surface area contributed by atoms with Crippen molar-refractivity contribution < 1.29 is 18.0 Å². The van der Waals surface area contributed by atoms with Crippen LogP contribution in [-0.2, 0) is 11.9 Å².